The van der Waals surface area contributed by atoms with Gasteiger partial charge < -0.3 is 44.2 Å². The van der Waals surface area contributed by atoms with Crippen LogP contribution in [0.2, 0.25) is 0 Å². The van der Waals surface area contributed by atoms with Gasteiger partial charge in [0.2, 0.25) is 12.3 Å². The third-order valence-electron chi connectivity index (χ3n) is 11.8. The third kappa shape index (κ3) is 17.3. The molecule has 1 aromatic heterocycles. The summed E-state index contributed by atoms with van der Waals surface area (Å²) >= 11 is 0. The highest BCUT2D eigenvalue weighted by Crippen LogP contribution is 2.30. The molecule has 4 amide bonds. The number of carbonyl (C=O) groups is 8. The second-order valence-corrected chi connectivity index (χ2v) is 17.3. The molecule has 3 N–H and O–H groups in total. The van der Waals surface area contributed by atoms with Crippen LogP contribution in [-0.2, 0) is 62.8 Å². The van der Waals surface area contributed by atoms with Crippen molar-refractivity contribution in [3.63, 3.8) is 0 Å². The van der Waals surface area contributed by atoms with E-state index in [-0.39, 0.29) is 61.3 Å². The second kappa shape index (κ2) is 29.6. The maximum Gasteiger partial charge on any atom is 0.363 e. The molecule has 1 heterocycles. The number of hydroxylamine groups is 2. The largest absolute Gasteiger partial charge is 0.481 e. The van der Waals surface area contributed by atoms with Crippen LogP contribution < -0.4 is 20.7 Å². The van der Waals surface area contributed by atoms with E-state index in [2.05, 4.69) is 16.0 Å². The van der Waals surface area contributed by atoms with Crippen molar-refractivity contribution < 1.29 is 66.6 Å². The molecule has 18 heteroatoms. The highest BCUT2D eigenvalue weighted by molar-refractivity contribution is 6.00. The van der Waals surface area contributed by atoms with E-state index in [4.69, 9.17) is 28.2 Å². The van der Waals surface area contributed by atoms with Crippen LogP contribution in [-0.4, -0.2) is 78.4 Å². The summed E-state index contributed by atoms with van der Waals surface area (Å²) in [5.74, 6) is -6.25. The van der Waals surface area contributed by atoms with Gasteiger partial charge in [-0.1, -0.05) is 148 Å². The van der Waals surface area contributed by atoms with Crippen molar-refractivity contribution in [1.82, 2.24) is 21.0 Å². The molecule has 0 spiro atoms. The van der Waals surface area contributed by atoms with Gasteiger partial charge in [-0.3, -0.25) is 24.0 Å². The summed E-state index contributed by atoms with van der Waals surface area (Å²) in [6.07, 6.45) is 2.77. The van der Waals surface area contributed by atoms with Gasteiger partial charge in [-0.2, -0.15) is 5.06 Å². The highest BCUT2D eigenvalue weighted by Gasteiger charge is 2.34. The Labute approximate surface area is 439 Å². The molecule has 0 aliphatic heterocycles. The summed E-state index contributed by atoms with van der Waals surface area (Å²) in [5.41, 5.74) is 2.48. The van der Waals surface area contributed by atoms with Crippen LogP contribution in [0.4, 0.5) is 0 Å². The van der Waals surface area contributed by atoms with E-state index in [0.717, 1.165) is 23.5 Å². The first-order chi connectivity index (χ1) is 37.0. The van der Waals surface area contributed by atoms with Crippen LogP contribution in [0.5, 0.6) is 5.75 Å². The number of hydrogen-bond donors (Lipinski definition) is 3. The van der Waals surface area contributed by atoms with Gasteiger partial charge in [-0.25, -0.2) is 14.4 Å². The summed E-state index contributed by atoms with van der Waals surface area (Å²) in [7, 11) is 0. The number of unbranched alkanes of at least 4 members (excludes halogenated alkanes) is 2. The third-order valence-corrected chi connectivity index (χ3v) is 11.8. The highest BCUT2D eigenvalue weighted by atomic mass is 16.7. The topological polar surface area (TPSA) is 235 Å². The lowest BCUT2D eigenvalue weighted by Crippen LogP contribution is -2.49. The predicted octanol–water partition coefficient (Wildman–Crippen LogP) is 8.05. The maximum atomic E-state index is 14.2. The summed E-state index contributed by atoms with van der Waals surface area (Å²) in [6, 6.07) is 39.6. The minimum absolute atomic E-state index is 0.0473. The van der Waals surface area contributed by atoms with Crippen molar-refractivity contribution in [2.24, 2.45) is 5.92 Å². The monoisotopic (exact) mass is 1040 g/mol. The zero-order chi connectivity index (χ0) is 54.1. The summed E-state index contributed by atoms with van der Waals surface area (Å²) < 4.78 is 28.2. The molecule has 0 saturated heterocycles. The van der Waals surface area contributed by atoms with Gasteiger partial charge in [0, 0.05) is 5.56 Å². The number of ether oxygens (including phenoxy) is 4. The van der Waals surface area contributed by atoms with E-state index in [0.29, 0.717) is 35.9 Å². The Morgan fingerprint density at radius 3 is 1.83 bits per heavy atom. The van der Waals surface area contributed by atoms with Crippen molar-refractivity contribution in [3.05, 3.63) is 185 Å². The molecular weight excluding hydrogens is 977 g/mol. The number of carbonyl (C=O) groups excluding carboxylic acids is 8. The smallest absolute Gasteiger partial charge is 0.363 e. The van der Waals surface area contributed by atoms with Crippen LogP contribution in [0.25, 0.3) is 11.3 Å². The lowest BCUT2D eigenvalue weighted by Gasteiger charge is -2.31. The number of nitrogens with zero attached hydrogens (tertiary/aromatic N) is 1. The number of nitrogens with one attached hydrogen (secondary N) is 3. The second-order valence-electron chi connectivity index (χ2n) is 17.3. The Morgan fingerprint density at radius 1 is 0.645 bits per heavy atom. The van der Waals surface area contributed by atoms with E-state index in [1.165, 1.54) is 30.3 Å². The molecule has 0 aliphatic carbocycles. The van der Waals surface area contributed by atoms with Crippen LogP contribution >= 0.6 is 0 Å². The molecule has 0 aliphatic rings. The average Bonchev–Trinajstić information content (AvgIpc) is 3.96. The van der Waals surface area contributed by atoms with E-state index in [1.807, 2.05) is 19.1 Å². The standard InChI is InChI=1S/C58H60N4O14/c1-3-5-10-27-45(48(4-2)62(39-63)76-57(69)43-25-17-9-18-26-43)54(66)59-38-60-56(68)50-31-30-49(75-50)44-28-29-46(51(32-44)71-37-53(65)73-35-41-21-13-7-14-22-41)55(67)61-47(58(70)74-36-42-23-15-8-16-24-42)33-52(64)72-34-40-19-11-6-12-20-40/h6-9,11-26,28-32,39,45,47-48H,3-5,10,27,33-38H2,1-2H3,(H,59,66)(H,60,68)(H,61,67). The Hall–Kier alpha value is -9.06. The van der Waals surface area contributed by atoms with Gasteiger partial charge in [-0.05, 0) is 65.9 Å². The van der Waals surface area contributed by atoms with Gasteiger partial charge in [0.1, 0.15) is 37.4 Å². The Morgan fingerprint density at radius 2 is 1.24 bits per heavy atom. The summed E-state index contributed by atoms with van der Waals surface area (Å²) in [4.78, 5) is 112. The van der Waals surface area contributed by atoms with Crippen LogP contribution in [0.3, 0.4) is 0 Å². The fourth-order valence-electron chi connectivity index (χ4n) is 7.81. The molecule has 3 unspecified atom stereocenters. The van der Waals surface area contributed by atoms with Gasteiger partial charge >= 0.3 is 23.9 Å². The minimum atomic E-state index is -1.52. The van der Waals surface area contributed by atoms with E-state index in [1.54, 1.807) is 116 Å². The molecule has 5 aromatic carbocycles. The molecular formula is C58H60N4O14. The van der Waals surface area contributed by atoms with Crippen molar-refractivity contribution in [2.45, 2.75) is 84.3 Å². The van der Waals surface area contributed by atoms with Gasteiger partial charge in [0.25, 0.3) is 11.8 Å². The molecule has 3 atom stereocenters. The van der Waals surface area contributed by atoms with Crippen LogP contribution in [0.15, 0.2) is 156 Å². The molecule has 6 rings (SSSR count). The van der Waals surface area contributed by atoms with Crippen molar-refractivity contribution in [2.75, 3.05) is 13.3 Å². The molecule has 0 saturated carbocycles. The predicted molar refractivity (Wildman–Crippen MR) is 276 cm³/mol. The van der Waals surface area contributed by atoms with E-state index < -0.39 is 72.6 Å². The van der Waals surface area contributed by atoms with Gasteiger partial charge in [0.15, 0.2) is 12.4 Å². The molecule has 0 bridgehead atoms. The summed E-state index contributed by atoms with van der Waals surface area (Å²) in [5, 5.41) is 8.76. The number of esters is 3. The maximum absolute atomic E-state index is 14.2. The molecule has 0 radical (unpaired) electrons. The number of rotatable bonds is 29. The SMILES string of the molecule is CCCCCC(C(=O)NCNC(=O)c1ccc(-c2ccc(C(=O)NC(CC(=O)OCc3ccccc3)C(=O)OCc3ccccc3)c(OCC(=O)OCc3ccccc3)c2)o1)C(CC)N(C=O)OC(=O)c1ccccc1. The van der Waals surface area contributed by atoms with Crippen LogP contribution in [0, 0.1) is 5.92 Å². The summed E-state index contributed by atoms with van der Waals surface area (Å²) in [6.45, 7) is 2.54. The fourth-order valence-corrected chi connectivity index (χ4v) is 7.81. The normalized spacial score (nSPS) is 11.9. The number of amides is 4. The first-order valence-corrected chi connectivity index (χ1v) is 24.8. The fraction of sp³-hybridized carbons (Fsp3) is 0.276. The van der Waals surface area contributed by atoms with Gasteiger partial charge in [0.05, 0.1) is 36.2 Å². The first-order valence-electron chi connectivity index (χ1n) is 24.8. The molecule has 396 valence electrons. The van der Waals surface area contributed by atoms with E-state index in [9.17, 15) is 38.4 Å². The lowest BCUT2D eigenvalue weighted by atomic mass is 9.90. The van der Waals surface area contributed by atoms with Gasteiger partial charge in [-0.15, -0.1) is 0 Å². The number of furan rings is 1. The average molecular weight is 1040 g/mol. The van der Waals surface area contributed by atoms with E-state index >= 15 is 0 Å². The Bertz CT molecular complexity index is 2860. The molecule has 6 aromatic rings. The van der Waals surface area contributed by atoms with Crippen molar-refractivity contribution >= 4 is 48.0 Å². The Kier molecular flexibility index (Phi) is 21.9. The Balaban J connectivity index is 1.16. The first kappa shape index (κ1) is 56.2. The molecule has 18 nitrogen and oxygen atoms in total. The number of hydrogen-bond acceptors (Lipinski definition) is 14. The quantitative estimate of drug-likeness (QED) is 0.0101. The molecule has 0 fully saturated rings. The zero-order valence-corrected chi connectivity index (χ0v) is 42.2. The minimum Gasteiger partial charge on any atom is -0.481 e. The zero-order valence-electron chi connectivity index (χ0n) is 42.2. The number of benzene rings is 5. The van der Waals surface area contributed by atoms with Crippen molar-refractivity contribution in [1.29, 1.82) is 0 Å². The van der Waals surface area contributed by atoms with Crippen molar-refractivity contribution in [3.8, 4) is 17.1 Å². The van der Waals surface area contributed by atoms with Crippen LogP contribution in [0.1, 0.15) is 100 Å². The lowest BCUT2D eigenvalue weighted by molar-refractivity contribution is -0.171. The molecule has 76 heavy (non-hydrogen) atoms.